The third-order valence-corrected chi connectivity index (χ3v) is 7.40. The van der Waals surface area contributed by atoms with Gasteiger partial charge in [-0.05, 0) is 37.1 Å². The summed E-state index contributed by atoms with van der Waals surface area (Å²) in [5.41, 5.74) is 1.51. The summed E-state index contributed by atoms with van der Waals surface area (Å²) in [5.74, 6) is -0.524. The number of thioether (sulfide) groups is 1. The van der Waals surface area contributed by atoms with E-state index in [0.717, 1.165) is 16.0 Å². The van der Waals surface area contributed by atoms with Crippen molar-refractivity contribution < 1.29 is 28.5 Å². The first-order chi connectivity index (χ1) is 18.5. The standard InChI is InChI=1S/C31H34O6S/c1-22(32)18-19-27(33)37-30-29(35-21-25-14-8-4-9-15-25)28(34-20-24-12-6-3-7-13-24)23(2)36-31(30)38-26-16-10-5-11-17-26/h3-17,23,28-31H,18-21H2,1-2H3. The first-order valence-electron chi connectivity index (χ1n) is 12.9. The lowest BCUT2D eigenvalue weighted by Crippen LogP contribution is -2.59. The normalized spacial score (nSPS) is 23.1. The van der Waals surface area contributed by atoms with E-state index < -0.39 is 29.7 Å². The molecule has 0 radical (unpaired) electrons. The highest BCUT2D eigenvalue weighted by atomic mass is 32.2. The third kappa shape index (κ3) is 8.27. The quantitative estimate of drug-likeness (QED) is 0.265. The molecule has 5 atom stereocenters. The van der Waals surface area contributed by atoms with Crippen LogP contribution in [0, 0.1) is 0 Å². The van der Waals surface area contributed by atoms with Crippen molar-refractivity contribution in [1.82, 2.24) is 0 Å². The molecule has 38 heavy (non-hydrogen) atoms. The van der Waals surface area contributed by atoms with Gasteiger partial charge in [-0.2, -0.15) is 0 Å². The monoisotopic (exact) mass is 534 g/mol. The van der Waals surface area contributed by atoms with Crippen molar-refractivity contribution in [2.75, 3.05) is 0 Å². The number of Topliss-reactive ketones (excluding diaryl/α,β-unsaturated/α-hetero) is 1. The van der Waals surface area contributed by atoms with E-state index in [0.29, 0.717) is 13.2 Å². The number of esters is 1. The fourth-order valence-corrected chi connectivity index (χ4v) is 5.43. The van der Waals surface area contributed by atoms with Gasteiger partial charge in [0.15, 0.2) is 6.10 Å². The van der Waals surface area contributed by atoms with E-state index in [9.17, 15) is 9.59 Å². The molecule has 7 heteroatoms. The molecule has 0 saturated carbocycles. The van der Waals surface area contributed by atoms with E-state index in [2.05, 4.69) is 0 Å². The van der Waals surface area contributed by atoms with E-state index in [-0.39, 0.29) is 24.7 Å². The second-order valence-electron chi connectivity index (χ2n) is 9.32. The molecule has 0 spiro atoms. The summed E-state index contributed by atoms with van der Waals surface area (Å²) in [6, 6.07) is 29.6. The van der Waals surface area contributed by atoms with Crippen LogP contribution in [0.15, 0.2) is 95.9 Å². The van der Waals surface area contributed by atoms with Crippen LogP contribution >= 0.6 is 11.8 Å². The Morgan fingerprint density at radius 2 is 1.26 bits per heavy atom. The molecule has 0 amide bonds. The van der Waals surface area contributed by atoms with Gasteiger partial charge < -0.3 is 23.7 Å². The highest BCUT2D eigenvalue weighted by Crippen LogP contribution is 2.37. The number of ketones is 1. The molecular formula is C31H34O6S. The average Bonchev–Trinajstić information content (AvgIpc) is 2.93. The zero-order chi connectivity index (χ0) is 26.7. The lowest BCUT2D eigenvalue weighted by molar-refractivity contribution is -0.238. The molecule has 200 valence electrons. The Morgan fingerprint density at radius 1 is 0.737 bits per heavy atom. The van der Waals surface area contributed by atoms with Gasteiger partial charge in [-0.3, -0.25) is 4.79 Å². The minimum Gasteiger partial charge on any atom is -0.456 e. The highest BCUT2D eigenvalue weighted by Gasteiger charge is 2.48. The van der Waals surface area contributed by atoms with E-state index in [1.807, 2.05) is 97.9 Å². The largest absolute Gasteiger partial charge is 0.456 e. The summed E-state index contributed by atoms with van der Waals surface area (Å²) in [4.78, 5) is 25.4. The molecule has 4 rings (SSSR count). The second kappa shape index (κ2) is 14.3. The highest BCUT2D eigenvalue weighted by molar-refractivity contribution is 7.99. The van der Waals surface area contributed by atoms with Crippen LogP contribution in [0.1, 0.15) is 37.8 Å². The minimum atomic E-state index is -0.750. The van der Waals surface area contributed by atoms with Gasteiger partial charge in [0.05, 0.1) is 25.7 Å². The summed E-state index contributed by atoms with van der Waals surface area (Å²) < 4.78 is 25.3. The number of benzene rings is 3. The summed E-state index contributed by atoms with van der Waals surface area (Å²) >= 11 is 1.48. The molecule has 0 aliphatic carbocycles. The first-order valence-corrected chi connectivity index (χ1v) is 13.7. The molecule has 1 fully saturated rings. The molecule has 0 bridgehead atoms. The molecule has 0 N–H and O–H groups in total. The van der Waals surface area contributed by atoms with Gasteiger partial charge in [-0.1, -0.05) is 90.6 Å². The number of hydrogen-bond acceptors (Lipinski definition) is 7. The van der Waals surface area contributed by atoms with Crippen molar-refractivity contribution in [1.29, 1.82) is 0 Å². The summed E-state index contributed by atoms with van der Waals surface area (Å²) in [5, 5.41) is 0. The number of hydrogen-bond donors (Lipinski definition) is 0. The van der Waals surface area contributed by atoms with Crippen LogP contribution in [0.5, 0.6) is 0 Å². The molecule has 6 nitrogen and oxygen atoms in total. The summed E-state index contributed by atoms with van der Waals surface area (Å²) in [6.07, 6.45) is -2.02. The predicted octanol–water partition coefficient (Wildman–Crippen LogP) is 5.98. The Bertz CT molecular complexity index is 1140. The molecule has 1 saturated heterocycles. The van der Waals surface area contributed by atoms with Gasteiger partial charge in [-0.15, -0.1) is 0 Å². The average molecular weight is 535 g/mol. The molecule has 5 unspecified atom stereocenters. The number of ether oxygens (including phenoxy) is 4. The zero-order valence-electron chi connectivity index (χ0n) is 21.7. The van der Waals surface area contributed by atoms with Crippen LogP contribution in [0.2, 0.25) is 0 Å². The van der Waals surface area contributed by atoms with Crippen molar-refractivity contribution in [2.45, 2.75) is 74.7 Å². The van der Waals surface area contributed by atoms with Crippen LogP contribution in [-0.2, 0) is 41.8 Å². The number of carbonyl (C=O) groups is 2. The van der Waals surface area contributed by atoms with Gasteiger partial charge in [0.1, 0.15) is 23.4 Å². The van der Waals surface area contributed by atoms with Crippen molar-refractivity contribution in [3.63, 3.8) is 0 Å². The molecule has 1 aliphatic heterocycles. The molecule has 1 aliphatic rings. The fourth-order valence-electron chi connectivity index (χ4n) is 4.27. The molecule has 3 aromatic carbocycles. The lowest BCUT2D eigenvalue weighted by atomic mass is 9.99. The second-order valence-corrected chi connectivity index (χ2v) is 10.5. The molecule has 3 aromatic rings. The maximum atomic E-state index is 12.9. The van der Waals surface area contributed by atoms with E-state index in [4.69, 9.17) is 18.9 Å². The van der Waals surface area contributed by atoms with Gasteiger partial charge in [0, 0.05) is 11.3 Å². The summed E-state index contributed by atoms with van der Waals surface area (Å²) in [6.45, 7) is 4.12. The Labute approximate surface area is 228 Å². The van der Waals surface area contributed by atoms with Crippen LogP contribution in [-0.4, -0.2) is 41.6 Å². The summed E-state index contributed by atoms with van der Waals surface area (Å²) in [7, 11) is 0. The van der Waals surface area contributed by atoms with Crippen molar-refractivity contribution in [2.24, 2.45) is 0 Å². The van der Waals surface area contributed by atoms with Crippen molar-refractivity contribution in [3.8, 4) is 0 Å². The van der Waals surface area contributed by atoms with Crippen molar-refractivity contribution in [3.05, 3.63) is 102 Å². The van der Waals surface area contributed by atoms with Crippen LogP contribution in [0.3, 0.4) is 0 Å². The van der Waals surface area contributed by atoms with Crippen molar-refractivity contribution >= 4 is 23.5 Å². The maximum absolute atomic E-state index is 12.9. The first kappa shape index (κ1) is 28.0. The predicted molar refractivity (Wildman–Crippen MR) is 146 cm³/mol. The Kier molecular flexibility index (Phi) is 10.5. The van der Waals surface area contributed by atoms with E-state index in [1.165, 1.54) is 18.7 Å². The molecule has 0 aromatic heterocycles. The third-order valence-electron chi connectivity index (χ3n) is 6.24. The van der Waals surface area contributed by atoms with Gasteiger partial charge in [0.2, 0.25) is 0 Å². The molecular weight excluding hydrogens is 500 g/mol. The van der Waals surface area contributed by atoms with E-state index in [1.54, 1.807) is 0 Å². The van der Waals surface area contributed by atoms with Crippen LogP contribution in [0.4, 0.5) is 0 Å². The Hall–Kier alpha value is -2.97. The Morgan fingerprint density at radius 3 is 1.82 bits per heavy atom. The van der Waals surface area contributed by atoms with Crippen LogP contribution < -0.4 is 0 Å². The van der Waals surface area contributed by atoms with Gasteiger partial charge in [0.25, 0.3) is 0 Å². The number of carbonyl (C=O) groups excluding carboxylic acids is 2. The maximum Gasteiger partial charge on any atom is 0.306 e. The smallest absolute Gasteiger partial charge is 0.306 e. The fraction of sp³-hybridized carbons (Fsp3) is 0.355. The molecule has 1 heterocycles. The minimum absolute atomic E-state index is 0.00501. The Balaban J connectivity index is 1.60. The number of rotatable bonds is 12. The van der Waals surface area contributed by atoms with Gasteiger partial charge >= 0.3 is 5.97 Å². The van der Waals surface area contributed by atoms with Gasteiger partial charge in [-0.25, -0.2) is 0 Å². The van der Waals surface area contributed by atoms with E-state index >= 15 is 0 Å². The zero-order valence-corrected chi connectivity index (χ0v) is 22.5. The lowest BCUT2D eigenvalue weighted by Gasteiger charge is -2.44. The SMILES string of the molecule is CC(=O)CCC(=O)OC1C(Sc2ccccc2)OC(C)C(OCc2ccccc2)C1OCc1ccccc1. The topological polar surface area (TPSA) is 71.1 Å². The van der Waals surface area contributed by atoms with Crippen LogP contribution in [0.25, 0.3) is 0 Å².